The third-order valence-corrected chi connectivity index (χ3v) is 8.28. The van der Waals surface area contributed by atoms with Gasteiger partial charge in [0.15, 0.2) is 0 Å². The summed E-state index contributed by atoms with van der Waals surface area (Å²) >= 11 is 0. The number of ether oxygens (including phenoxy) is 2. The van der Waals surface area contributed by atoms with E-state index in [1.807, 2.05) is 26.0 Å². The van der Waals surface area contributed by atoms with Crippen LogP contribution in [0.15, 0.2) is 42.7 Å². The van der Waals surface area contributed by atoms with Crippen LogP contribution < -0.4 is 10.1 Å². The Hall–Kier alpha value is -2.47. The van der Waals surface area contributed by atoms with Gasteiger partial charge in [0.1, 0.15) is 5.75 Å². The lowest BCUT2D eigenvalue weighted by molar-refractivity contribution is -0.139. The highest BCUT2D eigenvalue weighted by atomic mass is 16.5. The molecule has 6 nitrogen and oxygen atoms in total. The molecule has 3 fully saturated rings. The minimum absolute atomic E-state index is 0.00319. The van der Waals surface area contributed by atoms with Crippen molar-refractivity contribution < 1.29 is 14.3 Å². The summed E-state index contributed by atoms with van der Waals surface area (Å²) in [5.41, 5.74) is 1.39. The maximum Gasteiger partial charge on any atom is 0.321 e. The summed E-state index contributed by atoms with van der Waals surface area (Å²) in [6.45, 7) is 9.36. The van der Waals surface area contributed by atoms with Gasteiger partial charge in [-0.2, -0.15) is 0 Å². The number of nitrogens with zero attached hydrogens (tertiary/aromatic N) is 2. The maximum atomic E-state index is 12.7. The van der Waals surface area contributed by atoms with Crippen molar-refractivity contribution in [1.29, 1.82) is 0 Å². The van der Waals surface area contributed by atoms with Gasteiger partial charge in [0, 0.05) is 31.0 Å². The summed E-state index contributed by atoms with van der Waals surface area (Å²) in [5, 5.41) is 3.47. The molecule has 1 saturated heterocycles. The van der Waals surface area contributed by atoms with Gasteiger partial charge in [0.2, 0.25) is 5.91 Å². The van der Waals surface area contributed by atoms with Gasteiger partial charge in [0.05, 0.1) is 6.10 Å². The summed E-state index contributed by atoms with van der Waals surface area (Å²) in [6.07, 6.45) is 6.73. The van der Waals surface area contributed by atoms with Crippen molar-refractivity contribution in [3.63, 3.8) is 0 Å². The number of nitrogens with one attached hydrogen (secondary N) is 1. The van der Waals surface area contributed by atoms with E-state index in [-0.39, 0.29) is 34.8 Å². The zero-order chi connectivity index (χ0) is 22.5. The molecule has 0 radical (unpaired) electrons. The average molecular weight is 436 g/mol. The molecule has 1 spiro atoms. The zero-order valence-corrected chi connectivity index (χ0v) is 19.4. The predicted molar refractivity (Wildman–Crippen MR) is 121 cm³/mol. The molecule has 1 aromatic heterocycles. The van der Waals surface area contributed by atoms with Crippen LogP contribution >= 0.6 is 0 Å². The minimum Gasteiger partial charge on any atom is -0.424 e. The van der Waals surface area contributed by atoms with Crippen molar-refractivity contribution >= 4 is 5.91 Å². The molecule has 2 aliphatic carbocycles. The Balaban J connectivity index is 1.39. The van der Waals surface area contributed by atoms with E-state index in [4.69, 9.17) is 9.47 Å². The highest BCUT2D eigenvalue weighted by Gasteiger charge is 2.68. The second-order valence-corrected chi connectivity index (χ2v) is 10.6. The van der Waals surface area contributed by atoms with E-state index in [1.54, 1.807) is 18.5 Å². The topological polar surface area (TPSA) is 73.3 Å². The van der Waals surface area contributed by atoms with Gasteiger partial charge in [-0.15, -0.1) is 0 Å². The van der Waals surface area contributed by atoms with Crippen LogP contribution in [0.25, 0.3) is 0 Å². The van der Waals surface area contributed by atoms with Crippen LogP contribution in [0, 0.1) is 28.6 Å². The molecule has 1 unspecified atom stereocenters. The number of rotatable bonds is 5. The van der Waals surface area contributed by atoms with E-state index in [9.17, 15) is 4.79 Å². The molecular weight excluding hydrogens is 402 g/mol. The fraction of sp³-hybridized carbons (Fsp3) is 0.577. The highest BCUT2D eigenvalue weighted by molar-refractivity contribution is 5.78. The molecule has 6 heteroatoms. The van der Waals surface area contributed by atoms with Gasteiger partial charge in [-0.05, 0) is 65.7 Å². The number of fused-ring (bicyclic) bond motifs is 1. The van der Waals surface area contributed by atoms with Crippen molar-refractivity contribution in [2.75, 3.05) is 6.61 Å². The largest absolute Gasteiger partial charge is 0.424 e. The van der Waals surface area contributed by atoms with E-state index >= 15 is 0 Å². The van der Waals surface area contributed by atoms with E-state index in [2.05, 4.69) is 41.3 Å². The number of carbonyl (C=O) groups is 1. The maximum absolute atomic E-state index is 12.7. The van der Waals surface area contributed by atoms with Crippen molar-refractivity contribution in [3.05, 3.63) is 48.3 Å². The van der Waals surface area contributed by atoms with Crippen LogP contribution in [-0.2, 0) is 9.53 Å². The zero-order valence-electron chi connectivity index (χ0n) is 19.4. The Kier molecular flexibility index (Phi) is 5.24. The first kappa shape index (κ1) is 21.4. The van der Waals surface area contributed by atoms with Gasteiger partial charge in [-0.1, -0.05) is 39.8 Å². The van der Waals surface area contributed by atoms with Crippen LogP contribution in [0.1, 0.15) is 58.6 Å². The SMILES string of the molecule is CC(C)C(=O)N[C@@H]1C(C)(C)[C@@H]2C[C@@H]3[C@@H](c4ccc(Oc5ncccn5)cc4)OCCC31C2. The standard InChI is InChI=1S/C26H33N3O3/c1-16(2)22(30)29-23-25(3,4)18-14-20-21(31-13-10-26(20,23)15-18)17-6-8-19(9-7-17)32-24-27-11-5-12-28-24/h5-9,11-12,16,18,20-21,23H,10,13-15H2,1-4H3,(H,29,30)/t18-,20-,21-,23-,26?/m1/s1. The summed E-state index contributed by atoms with van der Waals surface area (Å²) in [4.78, 5) is 20.9. The third kappa shape index (κ3) is 3.40. The number of hydrogen-bond donors (Lipinski definition) is 1. The molecule has 2 heterocycles. The van der Waals surface area contributed by atoms with Crippen LogP contribution in [0.4, 0.5) is 0 Å². The molecule has 2 saturated carbocycles. The highest BCUT2D eigenvalue weighted by Crippen LogP contribution is 2.70. The molecule has 1 N–H and O–H groups in total. The van der Waals surface area contributed by atoms with E-state index in [0.29, 0.717) is 23.6 Å². The first-order valence-electron chi connectivity index (χ1n) is 11.8. The molecule has 1 amide bonds. The molecule has 5 atom stereocenters. The van der Waals surface area contributed by atoms with Gasteiger partial charge < -0.3 is 14.8 Å². The average Bonchev–Trinajstić information content (AvgIpc) is 3.27. The molecule has 3 aliphatic rings. The van der Waals surface area contributed by atoms with Crippen molar-refractivity contribution in [1.82, 2.24) is 15.3 Å². The van der Waals surface area contributed by atoms with E-state index in [1.165, 1.54) is 12.0 Å². The molecule has 2 bridgehead atoms. The van der Waals surface area contributed by atoms with Gasteiger partial charge in [0.25, 0.3) is 0 Å². The van der Waals surface area contributed by atoms with E-state index in [0.717, 1.165) is 19.4 Å². The third-order valence-electron chi connectivity index (χ3n) is 8.28. The second-order valence-electron chi connectivity index (χ2n) is 10.6. The Morgan fingerprint density at radius 3 is 2.59 bits per heavy atom. The Labute approximate surface area is 190 Å². The van der Waals surface area contributed by atoms with Crippen LogP contribution in [0.2, 0.25) is 0 Å². The number of hydrogen-bond acceptors (Lipinski definition) is 5. The van der Waals surface area contributed by atoms with Crippen LogP contribution in [-0.4, -0.2) is 28.5 Å². The second kappa shape index (κ2) is 7.84. The Bertz CT molecular complexity index is 976. The first-order chi connectivity index (χ1) is 15.3. The quantitative estimate of drug-likeness (QED) is 0.721. The fourth-order valence-corrected chi connectivity index (χ4v) is 6.60. The van der Waals surface area contributed by atoms with Crippen LogP contribution in [0.5, 0.6) is 11.8 Å². The summed E-state index contributed by atoms with van der Waals surface area (Å²) in [6, 6.07) is 10.4. The molecule has 32 heavy (non-hydrogen) atoms. The number of amides is 1. The lowest BCUT2D eigenvalue weighted by atomic mass is 9.58. The van der Waals surface area contributed by atoms with Gasteiger partial charge in [-0.3, -0.25) is 4.79 Å². The summed E-state index contributed by atoms with van der Waals surface area (Å²) in [5.74, 6) is 1.89. The molecular formula is C26H33N3O3. The first-order valence-corrected chi connectivity index (χ1v) is 11.8. The number of aromatic nitrogens is 2. The molecule has 170 valence electrons. The van der Waals surface area contributed by atoms with Gasteiger partial charge in [-0.25, -0.2) is 9.97 Å². The lowest BCUT2D eigenvalue weighted by Crippen LogP contribution is -2.59. The number of carbonyl (C=O) groups excluding carboxylic acids is 1. The van der Waals surface area contributed by atoms with Gasteiger partial charge >= 0.3 is 6.01 Å². The number of benzene rings is 1. The summed E-state index contributed by atoms with van der Waals surface area (Å²) < 4.78 is 12.1. The molecule has 2 aromatic rings. The minimum atomic E-state index is -0.00319. The smallest absolute Gasteiger partial charge is 0.321 e. The normalized spacial score (nSPS) is 32.5. The van der Waals surface area contributed by atoms with Crippen molar-refractivity contribution in [2.24, 2.45) is 28.6 Å². The summed E-state index contributed by atoms with van der Waals surface area (Å²) in [7, 11) is 0. The lowest BCUT2D eigenvalue weighted by Gasteiger charge is -2.53. The van der Waals surface area contributed by atoms with Crippen molar-refractivity contribution in [3.8, 4) is 11.8 Å². The molecule has 1 aliphatic heterocycles. The predicted octanol–water partition coefficient (Wildman–Crippen LogP) is 4.92. The monoisotopic (exact) mass is 435 g/mol. The Morgan fingerprint density at radius 2 is 1.91 bits per heavy atom. The van der Waals surface area contributed by atoms with Crippen LogP contribution in [0.3, 0.4) is 0 Å². The molecule has 1 aromatic carbocycles. The fourth-order valence-electron chi connectivity index (χ4n) is 6.60. The Morgan fingerprint density at radius 1 is 1.19 bits per heavy atom. The van der Waals surface area contributed by atoms with Crippen molar-refractivity contribution in [2.45, 2.75) is 59.1 Å². The van der Waals surface area contributed by atoms with E-state index < -0.39 is 0 Å². The molecule has 5 rings (SSSR count).